The Morgan fingerprint density at radius 2 is 2.12 bits per heavy atom. The van der Waals surface area contributed by atoms with Gasteiger partial charge in [-0.25, -0.2) is 4.39 Å². The van der Waals surface area contributed by atoms with Gasteiger partial charge in [0.25, 0.3) is 5.91 Å². The predicted octanol–water partition coefficient (Wildman–Crippen LogP) is 4.43. The molecule has 1 amide bonds. The van der Waals surface area contributed by atoms with E-state index in [0.717, 1.165) is 10.9 Å². The standard InChI is InChI=1S/C18H11FN2O2S2/c1-9-2-10(4-12(19)3-9)14-8-20-7-11-5-13(23-16(11)14)6-15-17(22)21-18(24)25-15/h2-8H,1H3,(H,21,22,24). The van der Waals surface area contributed by atoms with Gasteiger partial charge in [-0.15, -0.1) is 0 Å². The van der Waals surface area contributed by atoms with E-state index in [1.54, 1.807) is 24.5 Å². The van der Waals surface area contributed by atoms with Crippen molar-refractivity contribution in [2.45, 2.75) is 6.92 Å². The summed E-state index contributed by atoms with van der Waals surface area (Å²) in [5, 5.41) is 3.34. The Morgan fingerprint density at radius 3 is 2.84 bits per heavy atom. The molecule has 7 heteroatoms. The van der Waals surface area contributed by atoms with E-state index in [2.05, 4.69) is 10.3 Å². The van der Waals surface area contributed by atoms with Crippen molar-refractivity contribution in [1.29, 1.82) is 0 Å². The molecular formula is C18H11FN2O2S2. The summed E-state index contributed by atoms with van der Waals surface area (Å²) >= 11 is 6.17. The Balaban J connectivity index is 1.83. The lowest BCUT2D eigenvalue weighted by atomic mass is 10.0. The fourth-order valence-corrected chi connectivity index (χ4v) is 3.73. The number of aryl methyl sites for hydroxylation is 1. The van der Waals surface area contributed by atoms with Crippen LogP contribution in [0.5, 0.6) is 0 Å². The van der Waals surface area contributed by atoms with Crippen molar-refractivity contribution in [3.05, 3.63) is 58.7 Å². The van der Waals surface area contributed by atoms with Crippen LogP contribution in [0.4, 0.5) is 4.39 Å². The molecule has 1 fully saturated rings. The van der Waals surface area contributed by atoms with E-state index in [1.807, 2.05) is 13.0 Å². The summed E-state index contributed by atoms with van der Waals surface area (Å²) in [5.74, 6) is -0.0391. The molecule has 124 valence electrons. The first-order valence-electron chi connectivity index (χ1n) is 7.39. The molecule has 1 aromatic carbocycles. The number of amides is 1. The molecule has 1 aliphatic heterocycles. The average molecular weight is 370 g/mol. The van der Waals surface area contributed by atoms with Crippen molar-refractivity contribution in [1.82, 2.24) is 10.3 Å². The quantitative estimate of drug-likeness (QED) is 0.534. The molecule has 2 aromatic heterocycles. The fourth-order valence-electron chi connectivity index (χ4n) is 2.70. The number of nitrogens with zero attached hydrogens (tertiary/aromatic N) is 1. The SMILES string of the molecule is Cc1cc(F)cc(-c2cncc3cc(C=C4SC(=S)NC4=O)oc23)c1. The normalized spacial score (nSPS) is 16.0. The lowest BCUT2D eigenvalue weighted by Gasteiger charge is -2.04. The molecule has 0 saturated carbocycles. The zero-order chi connectivity index (χ0) is 17.6. The third kappa shape index (κ3) is 3.08. The molecule has 0 radical (unpaired) electrons. The molecule has 0 unspecified atom stereocenters. The Hall–Kier alpha value is -2.51. The van der Waals surface area contributed by atoms with Gasteiger partial charge in [-0.05, 0) is 36.2 Å². The highest BCUT2D eigenvalue weighted by Gasteiger charge is 2.23. The number of carbonyl (C=O) groups is 1. The van der Waals surface area contributed by atoms with Gasteiger partial charge < -0.3 is 9.73 Å². The van der Waals surface area contributed by atoms with E-state index < -0.39 is 0 Å². The van der Waals surface area contributed by atoms with Crippen LogP contribution in [0.3, 0.4) is 0 Å². The van der Waals surface area contributed by atoms with Crippen molar-refractivity contribution in [3.8, 4) is 11.1 Å². The van der Waals surface area contributed by atoms with Crippen LogP contribution < -0.4 is 5.32 Å². The van der Waals surface area contributed by atoms with E-state index in [9.17, 15) is 9.18 Å². The van der Waals surface area contributed by atoms with Gasteiger partial charge in [0.05, 0.1) is 4.91 Å². The molecule has 1 saturated heterocycles. The fraction of sp³-hybridized carbons (Fsp3) is 0.0556. The summed E-state index contributed by atoms with van der Waals surface area (Å²) < 4.78 is 20.1. The van der Waals surface area contributed by atoms with Crippen molar-refractivity contribution in [2.75, 3.05) is 0 Å². The average Bonchev–Trinajstić information content (AvgIpc) is 3.08. The van der Waals surface area contributed by atoms with Crippen molar-refractivity contribution in [2.24, 2.45) is 0 Å². The van der Waals surface area contributed by atoms with Crippen LogP contribution in [0.25, 0.3) is 28.2 Å². The molecular weight excluding hydrogens is 359 g/mol. The van der Waals surface area contributed by atoms with Crippen LogP contribution in [-0.2, 0) is 4.79 Å². The van der Waals surface area contributed by atoms with Gasteiger partial charge in [0, 0.05) is 29.4 Å². The zero-order valence-corrected chi connectivity index (χ0v) is 14.6. The molecule has 4 rings (SSSR count). The molecule has 0 bridgehead atoms. The van der Waals surface area contributed by atoms with Gasteiger partial charge in [-0.2, -0.15) is 0 Å². The van der Waals surface area contributed by atoms with Gasteiger partial charge in [-0.1, -0.05) is 30.0 Å². The zero-order valence-electron chi connectivity index (χ0n) is 13.0. The lowest BCUT2D eigenvalue weighted by molar-refractivity contribution is -0.115. The maximum atomic E-state index is 13.7. The first kappa shape index (κ1) is 16.0. The minimum atomic E-state index is -0.312. The Morgan fingerprint density at radius 1 is 1.28 bits per heavy atom. The van der Waals surface area contributed by atoms with Crippen LogP contribution >= 0.6 is 24.0 Å². The molecule has 25 heavy (non-hydrogen) atoms. The number of aromatic nitrogens is 1. The smallest absolute Gasteiger partial charge is 0.263 e. The summed E-state index contributed by atoms with van der Waals surface area (Å²) in [5.41, 5.74) is 2.80. The number of furan rings is 1. The number of fused-ring (bicyclic) bond motifs is 1. The van der Waals surface area contributed by atoms with E-state index in [1.165, 1.54) is 23.9 Å². The van der Waals surface area contributed by atoms with Crippen LogP contribution in [0, 0.1) is 12.7 Å². The molecule has 3 aromatic rings. The minimum absolute atomic E-state index is 0.241. The number of pyridine rings is 1. The van der Waals surface area contributed by atoms with E-state index in [0.29, 0.717) is 31.7 Å². The first-order chi connectivity index (χ1) is 12.0. The number of carbonyl (C=O) groups excluding carboxylic acids is 1. The first-order valence-corrected chi connectivity index (χ1v) is 8.62. The van der Waals surface area contributed by atoms with Crippen molar-refractivity contribution < 1.29 is 13.6 Å². The highest BCUT2D eigenvalue weighted by atomic mass is 32.2. The Bertz CT molecular complexity index is 1050. The summed E-state index contributed by atoms with van der Waals surface area (Å²) in [6, 6.07) is 6.58. The number of nitrogens with one attached hydrogen (secondary N) is 1. The largest absolute Gasteiger partial charge is 0.456 e. The number of thiocarbonyl (C=S) groups is 1. The molecule has 1 aliphatic rings. The van der Waals surface area contributed by atoms with Crippen molar-refractivity contribution in [3.63, 3.8) is 0 Å². The molecule has 0 spiro atoms. The van der Waals surface area contributed by atoms with E-state index in [4.69, 9.17) is 16.6 Å². The maximum absolute atomic E-state index is 13.7. The summed E-state index contributed by atoms with van der Waals surface area (Å²) in [4.78, 5) is 16.5. The lowest BCUT2D eigenvalue weighted by Crippen LogP contribution is -2.17. The second-order valence-electron chi connectivity index (χ2n) is 5.62. The summed E-state index contributed by atoms with van der Waals surface area (Å²) in [6.07, 6.45) is 4.95. The molecule has 4 nitrogen and oxygen atoms in total. The van der Waals surface area contributed by atoms with E-state index >= 15 is 0 Å². The van der Waals surface area contributed by atoms with Gasteiger partial charge in [0.2, 0.25) is 0 Å². The van der Waals surface area contributed by atoms with Crippen LogP contribution in [-0.4, -0.2) is 15.2 Å². The second-order valence-corrected chi connectivity index (χ2v) is 7.34. The Kier molecular flexibility index (Phi) is 3.89. The van der Waals surface area contributed by atoms with Gasteiger partial charge >= 0.3 is 0 Å². The third-order valence-electron chi connectivity index (χ3n) is 3.71. The predicted molar refractivity (Wildman–Crippen MR) is 100 cm³/mol. The van der Waals surface area contributed by atoms with Gasteiger partial charge in [-0.3, -0.25) is 9.78 Å². The highest BCUT2D eigenvalue weighted by molar-refractivity contribution is 8.26. The maximum Gasteiger partial charge on any atom is 0.263 e. The van der Waals surface area contributed by atoms with Crippen LogP contribution in [0.15, 0.2) is 46.0 Å². The number of benzene rings is 1. The number of hydrogen-bond donors (Lipinski definition) is 1. The molecule has 3 heterocycles. The molecule has 1 N–H and O–H groups in total. The van der Waals surface area contributed by atoms with Crippen LogP contribution in [0.2, 0.25) is 0 Å². The number of rotatable bonds is 2. The van der Waals surface area contributed by atoms with Crippen LogP contribution in [0.1, 0.15) is 11.3 Å². The Labute approximate surface area is 152 Å². The number of thioether (sulfide) groups is 1. The van der Waals surface area contributed by atoms with E-state index in [-0.39, 0.29) is 11.7 Å². The molecule has 0 atom stereocenters. The summed E-state index contributed by atoms with van der Waals surface area (Å²) in [7, 11) is 0. The van der Waals surface area contributed by atoms with Gasteiger partial charge in [0.15, 0.2) is 0 Å². The molecule has 0 aliphatic carbocycles. The van der Waals surface area contributed by atoms with Crippen molar-refractivity contribution >= 4 is 51.3 Å². The number of halogens is 1. The topological polar surface area (TPSA) is 55.1 Å². The number of hydrogen-bond acceptors (Lipinski definition) is 5. The van der Waals surface area contributed by atoms with Gasteiger partial charge in [0.1, 0.15) is 21.5 Å². The third-order valence-corrected chi connectivity index (χ3v) is 4.87. The highest BCUT2D eigenvalue weighted by Crippen LogP contribution is 2.33. The minimum Gasteiger partial charge on any atom is -0.456 e. The summed E-state index contributed by atoms with van der Waals surface area (Å²) in [6.45, 7) is 1.83. The monoisotopic (exact) mass is 370 g/mol. The second kappa shape index (κ2) is 6.09.